The molecule has 0 unspecified atom stereocenters. The number of rotatable bonds is 4. The molecular weight excluding hydrogens is 371 g/mol. The zero-order valence-corrected chi connectivity index (χ0v) is 16.2. The summed E-state index contributed by atoms with van der Waals surface area (Å²) in [5, 5.41) is 14.8. The molecule has 2 heterocycles. The predicted octanol–water partition coefficient (Wildman–Crippen LogP) is 3.49. The smallest absolute Gasteiger partial charge is 0.296 e. The number of anilines is 2. The number of hydrogen-bond donors (Lipinski definition) is 2. The fraction of sp³-hybridized carbons (Fsp3) is 0.273. The van der Waals surface area contributed by atoms with Gasteiger partial charge in [-0.3, -0.25) is 4.79 Å². The van der Waals surface area contributed by atoms with Gasteiger partial charge < -0.3 is 15.7 Å². The monoisotopic (exact) mass is 394 g/mol. The number of aromatic hydroxyl groups is 1. The topological polar surface area (TPSA) is 84.4 Å². The Kier molecular flexibility index (Phi) is 4.96. The number of phenols is 1. The summed E-state index contributed by atoms with van der Waals surface area (Å²) < 4.78 is 14.7. The molecule has 0 bridgehead atoms. The Morgan fingerprint density at radius 3 is 2.45 bits per heavy atom. The van der Waals surface area contributed by atoms with E-state index in [1.54, 1.807) is 24.3 Å². The van der Waals surface area contributed by atoms with Crippen LogP contribution in [0.15, 0.2) is 47.3 Å². The maximum Gasteiger partial charge on any atom is 0.296 e. The molecule has 29 heavy (non-hydrogen) atoms. The summed E-state index contributed by atoms with van der Waals surface area (Å²) in [7, 11) is 0. The molecule has 4 rings (SSSR count). The summed E-state index contributed by atoms with van der Waals surface area (Å²) in [6.07, 6.45) is 2.70. The van der Waals surface area contributed by atoms with Gasteiger partial charge in [-0.25, -0.2) is 4.39 Å². The lowest BCUT2D eigenvalue weighted by Crippen LogP contribution is -2.30. The van der Waals surface area contributed by atoms with Crippen LogP contribution in [0.25, 0.3) is 16.9 Å². The van der Waals surface area contributed by atoms with E-state index in [0.29, 0.717) is 29.1 Å². The molecule has 1 aliphatic heterocycles. The quantitative estimate of drug-likeness (QED) is 0.708. The van der Waals surface area contributed by atoms with Gasteiger partial charge in [0.05, 0.1) is 11.4 Å². The maximum absolute atomic E-state index is 13.5. The standard InChI is InChI=1S/C22H23FN4O2/c1-2-14-7-10-17(13-18(14)28)27-22(29)19(24)21(26-11-3-4-12-26)20(25-27)15-5-8-16(23)9-6-15/h5-10,13,28H,2-4,11-12,24H2,1H3. The first-order valence-corrected chi connectivity index (χ1v) is 9.75. The van der Waals surface area contributed by atoms with Crippen LogP contribution in [0.4, 0.5) is 15.8 Å². The van der Waals surface area contributed by atoms with Gasteiger partial charge in [-0.2, -0.15) is 9.78 Å². The van der Waals surface area contributed by atoms with Crippen molar-refractivity contribution in [1.82, 2.24) is 9.78 Å². The van der Waals surface area contributed by atoms with Crippen molar-refractivity contribution in [3.05, 3.63) is 64.2 Å². The Morgan fingerprint density at radius 2 is 1.83 bits per heavy atom. The minimum Gasteiger partial charge on any atom is -0.508 e. The molecule has 6 nitrogen and oxygen atoms in total. The molecule has 0 spiro atoms. The maximum atomic E-state index is 13.5. The third-order valence-corrected chi connectivity index (χ3v) is 5.34. The number of halogens is 1. The second-order valence-corrected chi connectivity index (χ2v) is 7.20. The van der Waals surface area contributed by atoms with Crippen LogP contribution in [-0.4, -0.2) is 28.0 Å². The van der Waals surface area contributed by atoms with E-state index < -0.39 is 5.56 Å². The molecule has 2 aromatic carbocycles. The molecule has 0 atom stereocenters. The Bertz CT molecular complexity index is 1100. The van der Waals surface area contributed by atoms with Crippen LogP contribution in [0.3, 0.4) is 0 Å². The first-order chi connectivity index (χ1) is 14.0. The zero-order chi connectivity index (χ0) is 20.5. The van der Waals surface area contributed by atoms with E-state index in [0.717, 1.165) is 31.5 Å². The van der Waals surface area contributed by atoms with Crippen LogP contribution in [-0.2, 0) is 6.42 Å². The average Bonchev–Trinajstić information content (AvgIpc) is 3.25. The number of aryl methyl sites for hydroxylation is 1. The molecule has 1 aromatic heterocycles. The van der Waals surface area contributed by atoms with Crippen molar-refractivity contribution >= 4 is 11.4 Å². The van der Waals surface area contributed by atoms with Gasteiger partial charge in [0.25, 0.3) is 5.56 Å². The van der Waals surface area contributed by atoms with Crippen LogP contribution in [0, 0.1) is 5.82 Å². The van der Waals surface area contributed by atoms with E-state index >= 15 is 0 Å². The largest absolute Gasteiger partial charge is 0.508 e. The molecule has 3 N–H and O–H groups in total. The molecule has 0 amide bonds. The molecule has 1 aliphatic rings. The fourth-order valence-electron chi connectivity index (χ4n) is 3.76. The normalized spacial score (nSPS) is 13.8. The van der Waals surface area contributed by atoms with Gasteiger partial charge in [0, 0.05) is 24.7 Å². The Hall–Kier alpha value is -3.35. The first kappa shape index (κ1) is 19.0. The highest BCUT2D eigenvalue weighted by atomic mass is 19.1. The van der Waals surface area contributed by atoms with Gasteiger partial charge in [-0.05, 0) is 55.2 Å². The van der Waals surface area contributed by atoms with Gasteiger partial charge in [-0.1, -0.05) is 13.0 Å². The van der Waals surface area contributed by atoms with E-state index in [1.165, 1.54) is 22.9 Å². The van der Waals surface area contributed by atoms with Crippen LogP contribution < -0.4 is 16.2 Å². The second-order valence-electron chi connectivity index (χ2n) is 7.20. The van der Waals surface area contributed by atoms with Crippen molar-refractivity contribution in [3.8, 4) is 22.7 Å². The number of aromatic nitrogens is 2. The second kappa shape index (κ2) is 7.58. The molecular formula is C22H23FN4O2. The van der Waals surface area contributed by atoms with E-state index in [1.807, 2.05) is 6.92 Å². The van der Waals surface area contributed by atoms with Gasteiger partial charge >= 0.3 is 0 Å². The summed E-state index contributed by atoms with van der Waals surface area (Å²) >= 11 is 0. The predicted molar refractivity (Wildman–Crippen MR) is 112 cm³/mol. The number of nitrogens with zero attached hydrogens (tertiary/aromatic N) is 3. The van der Waals surface area contributed by atoms with Gasteiger partial charge in [0.2, 0.25) is 0 Å². The molecule has 0 aliphatic carbocycles. The van der Waals surface area contributed by atoms with Crippen molar-refractivity contribution in [3.63, 3.8) is 0 Å². The lowest BCUT2D eigenvalue weighted by molar-refractivity contribution is 0.468. The van der Waals surface area contributed by atoms with Crippen molar-refractivity contribution in [2.75, 3.05) is 23.7 Å². The van der Waals surface area contributed by atoms with Crippen molar-refractivity contribution in [1.29, 1.82) is 0 Å². The minimum absolute atomic E-state index is 0.0975. The van der Waals surface area contributed by atoms with Crippen LogP contribution in [0.5, 0.6) is 5.75 Å². The molecule has 0 radical (unpaired) electrons. The number of phenolic OH excluding ortho intramolecular Hbond substituents is 1. The lowest BCUT2D eigenvalue weighted by atomic mass is 10.1. The van der Waals surface area contributed by atoms with E-state index in [2.05, 4.69) is 10.00 Å². The van der Waals surface area contributed by atoms with E-state index in [-0.39, 0.29) is 17.3 Å². The summed E-state index contributed by atoms with van der Waals surface area (Å²) in [6, 6.07) is 11.0. The number of nitrogen functional groups attached to an aromatic ring is 1. The summed E-state index contributed by atoms with van der Waals surface area (Å²) in [4.78, 5) is 15.1. The average molecular weight is 394 g/mol. The molecule has 7 heteroatoms. The third kappa shape index (κ3) is 3.44. The van der Waals surface area contributed by atoms with Gasteiger partial charge in [0.15, 0.2) is 0 Å². The molecule has 1 fully saturated rings. The highest BCUT2D eigenvalue weighted by molar-refractivity contribution is 5.84. The van der Waals surface area contributed by atoms with Gasteiger partial charge in [0.1, 0.15) is 22.9 Å². The Morgan fingerprint density at radius 1 is 1.14 bits per heavy atom. The SMILES string of the molecule is CCc1ccc(-n2nc(-c3ccc(F)cc3)c(N3CCCC3)c(N)c2=O)cc1O. The highest BCUT2D eigenvalue weighted by Crippen LogP contribution is 2.35. The Balaban J connectivity index is 1.95. The van der Waals surface area contributed by atoms with Crippen molar-refractivity contribution in [2.45, 2.75) is 26.2 Å². The summed E-state index contributed by atoms with van der Waals surface area (Å²) in [6.45, 7) is 3.51. The fourth-order valence-corrected chi connectivity index (χ4v) is 3.76. The number of benzene rings is 2. The van der Waals surface area contributed by atoms with Crippen LogP contribution in [0.2, 0.25) is 0 Å². The summed E-state index contributed by atoms with van der Waals surface area (Å²) in [5.74, 6) is -0.248. The lowest BCUT2D eigenvalue weighted by Gasteiger charge is -2.23. The Labute approximate surface area is 168 Å². The van der Waals surface area contributed by atoms with Crippen molar-refractivity contribution in [2.24, 2.45) is 0 Å². The van der Waals surface area contributed by atoms with E-state index in [4.69, 9.17) is 5.73 Å². The highest BCUT2D eigenvalue weighted by Gasteiger charge is 2.24. The number of hydrogen-bond acceptors (Lipinski definition) is 5. The molecule has 150 valence electrons. The molecule has 1 saturated heterocycles. The minimum atomic E-state index is -0.443. The molecule has 3 aromatic rings. The first-order valence-electron chi connectivity index (χ1n) is 9.75. The van der Waals surface area contributed by atoms with Crippen molar-refractivity contribution < 1.29 is 9.50 Å². The molecule has 0 saturated carbocycles. The summed E-state index contributed by atoms with van der Waals surface area (Å²) in [5.41, 5.74) is 8.94. The van der Waals surface area contributed by atoms with E-state index in [9.17, 15) is 14.3 Å². The van der Waals surface area contributed by atoms with Gasteiger partial charge in [-0.15, -0.1) is 0 Å². The van der Waals surface area contributed by atoms with Crippen LogP contribution >= 0.6 is 0 Å². The third-order valence-electron chi connectivity index (χ3n) is 5.34. The number of nitrogens with two attached hydrogens (primary N) is 1. The van der Waals surface area contributed by atoms with Crippen LogP contribution in [0.1, 0.15) is 25.3 Å². The zero-order valence-electron chi connectivity index (χ0n) is 16.2.